The Labute approximate surface area is 142 Å². The van der Waals surface area contributed by atoms with Crippen LogP contribution in [0, 0.1) is 0 Å². The number of carbonyl (C=O) groups excluding carboxylic acids is 2. The fraction of sp³-hybridized carbons (Fsp3) is 0.176. The molecule has 6 heteroatoms. The highest BCUT2D eigenvalue weighted by molar-refractivity contribution is 9.10. The zero-order chi connectivity index (χ0) is 16.6. The van der Waals surface area contributed by atoms with Gasteiger partial charge < -0.3 is 20.3 Å². The largest absolute Gasteiger partial charge is 0.398 e. The number of hydrogen-bond donors (Lipinski definition) is 1. The van der Waals surface area contributed by atoms with Crippen molar-refractivity contribution in [2.24, 2.45) is 0 Å². The van der Waals surface area contributed by atoms with E-state index in [0.29, 0.717) is 5.69 Å². The first-order chi connectivity index (χ1) is 11.0. The predicted octanol–water partition coefficient (Wildman–Crippen LogP) is 2.75. The highest BCUT2D eigenvalue weighted by atomic mass is 79.9. The molecule has 0 bridgehead atoms. The Kier molecular flexibility index (Phi) is 4.09. The molecular weight excluding hydrogens is 358 g/mol. The molecule has 1 heterocycles. The van der Waals surface area contributed by atoms with Crippen molar-refractivity contribution < 1.29 is 9.59 Å². The lowest BCUT2D eigenvalue weighted by Crippen LogP contribution is -2.47. The molecule has 2 N–H and O–H groups in total. The van der Waals surface area contributed by atoms with Crippen LogP contribution in [0.1, 0.15) is 11.6 Å². The monoisotopic (exact) mass is 373 g/mol. The minimum absolute atomic E-state index is 0.0219. The van der Waals surface area contributed by atoms with Crippen molar-refractivity contribution in [3.8, 4) is 0 Å². The van der Waals surface area contributed by atoms with Crippen molar-refractivity contribution in [3.63, 3.8) is 0 Å². The van der Waals surface area contributed by atoms with Crippen LogP contribution in [0.4, 0.5) is 17.1 Å². The number of para-hydroxylation sites is 2. The summed E-state index contributed by atoms with van der Waals surface area (Å²) in [6.45, 7) is 0.0219. The van der Waals surface area contributed by atoms with Gasteiger partial charge in [-0.05, 0) is 30.3 Å². The van der Waals surface area contributed by atoms with E-state index in [-0.39, 0.29) is 12.5 Å². The number of hydrogen-bond acceptors (Lipinski definition) is 4. The van der Waals surface area contributed by atoms with E-state index in [2.05, 4.69) is 15.9 Å². The van der Waals surface area contributed by atoms with E-state index in [4.69, 9.17) is 5.73 Å². The Bertz CT molecular complexity index is 778. The lowest BCUT2D eigenvalue weighted by molar-refractivity contribution is -0.121. The number of fused-ring (bicyclic) bond motifs is 1. The third-order valence-electron chi connectivity index (χ3n) is 4.04. The summed E-state index contributed by atoms with van der Waals surface area (Å²) in [6.07, 6.45) is 0.737. The first-order valence-electron chi connectivity index (χ1n) is 7.16. The Morgan fingerprint density at radius 3 is 2.61 bits per heavy atom. The number of carbonyl (C=O) groups is 2. The lowest BCUT2D eigenvalue weighted by Gasteiger charge is -2.41. The molecule has 0 spiro atoms. The summed E-state index contributed by atoms with van der Waals surface area (Å²) in [5.41, 5.74) is 8.98. The van der Waals surface area contributed by atoms with Gasteiger partial charge in [0.05, 0.1) is 17.9 Å². The zero-order valence-corrected chi connectivity index (χ0v) is 14.2. The summed E-state index contributed by atoms with van der Waals surface area (Å²) < 4.78 is 0.851. The summed E-state index contributed by atoms with van der Waals surface area (Å²) in [6, 6.07) is 12.4. The standard InChI is InChI=1S/C17H16BrN3O2/c1-20-14-4-2-3-5-15(14)21(8-9-22)17(23)16(20)12-10-11(18)6-7-13(12)19/h2-7,9-10,16H,8,19H2,1H3. The molecule has 1 atom stereocenters. The fourth-order valence-corrected chi connectivity index (χ4v) is 3.33. The third-order valence-corrected chi connectivity index (χ3v) is 4.53. The first-order valence-corrected chi connectivity index (χ1v) is 7.95. The number of likely N-dealkylation sites (N-methyl/N-ethyl adjacent to an activating group) is 1. The van der Waals surface area contributed by atoms with Gasteiger partial charge in [0.1, 0.15) is 12.3 Å². The Balaban J connectivity index is 2.17. The normalized spacial score (nSPS) is 17.1. The number of nitrogen functional groups attached to an aromatic ring is 1. The van der Waals surface area contributed by atoms with Crippen LogP contribution in [-0.2, 0) is 9.59 Å². The van der Waals surface area contributed by atoms with Crippen LogP contribution < -0.4 is 15.5 Å². The van der Waals surface area contributed by atoms with E-state index < -0.39 is 6.04 Å². The van der Waals surface area contributed by atoms with Gasteiger partial charge in [-0.25, -0.2) is 0 Å². The highest BCUT2D eigenvalue weighted by Gasteiger charge is 2.38. The molecule has 3 rings (SSSR count). The molecule has 1 aliphatic heterocycles. The van der Waals surface area contributed by atoms with Crippen molar-refractivity contribution in [2.45, 2.75) is 6.04 Å². The number of amides is 1. The molecule has 2 aromatic carbocycles. The average molecular weight is 374 g/mol. The van der Waals surface area contributed by atoms with Crippen LogP contribution in [0.3, 0.4) is 0 Å². The summed E-state index contributed by atoms with van der Waals surface area (Å²) in [5.74, 6) is -0.164. The predicted molar refractivity (Wildman–Crippen MR) is 94.6 cm³/mol. The second-order valence-electron chi connectivity index (χ2n) is 5.39. The molecule has 0 saturated heterocycles. The second-order valence-corrected chi connectivity index (χ2v) is 6.31. The summed E-state index contributed by atoms with van der Waals surface area (Å²) in [4.78, 5) is 27.4. The van der Waals surface area contributed by atoms with Crippen LogP contribution >= 0.6 is 15.9 Å². The van der Waals surface area contributed by atoms with E-state index in [9.17, 15) is 9.59 Å². The molecule has 1 aliphatic rings. The maximum Gasteiger partial charge on any atom is 0.254 e. The molecule has 2 aromatic rings. The molecule has 1 unspecified atom stereocenters. The van der Waals surface area contributed by atoms with Gasteiger partial charge in [0.2, 0.25) is 0 Å². The molecule has 1 amide bonds. The van der Waals surface area contributed by atoms with E-state index >= 15 is 0 Å². The Morgan fingerprint density at radius 1 is 1.22 bits per heavy atom. The number of halogens is 1. The van der Waals surface area contributed by atoms with Crippen LogP contribution in [-0.4, -0.2) is 25.8 Å². The third kappa shape index (κ3) is 2.59. The number of anilines is 3. The van der Waals surface area contributed by atoms with E-state index in [0.717, 1.165) is 27.7 Å². The van der Waals surface area contributed by atoms with Crippen molar-refractivity contribution >= 4 is 45.2 Å². The summed E-state index contributed by atoms with van der Waals surface area (Å²) >= 11 is 3.43. The molecule has 118 valence electrons. The van der Waals surface area contributed by atoms with Crippen molar-refractivity contribution in [1.29, 1.82) is 0 Å². The number of rotatable bonds is 3. The SMILES string of the molecule is CN1c2ccccc2N(CC=O)C(=O)C1c1cc(Br)ccc1N. The van der Waals surface area contributed by atoms with Gasteiger partial charge in [-0.15, -0.1) is 0 Å². The number of aldehydes is 1. The number of benzene rings is 2. The number of nitrogens with zero attached hydrogens (tertiary/aromatic N) is 2. The van der Waals surface area contributed by atoms with Crippen molar-refractivity contribution in [3.05, 3.63) is 52.5 Å². The van der Waals surface area contributed by atoms with Crippen LogP contribution in [0.5, 0.6) is 0 Å². The molecule has 5 nitrogen and oxygen atoms in total. The smallest absolute Gasteiger partial charge is 0.254 e. The van der Waals surface area contributed by atoms with Gasteiger partial charge in [-0.3, -0.25) is 4.79 Å². The summed E-state index contributed by atoms with van der Waals surface area (Å²) in [7, 11) is 1.86. The van der Waals surface area contributed by atoms with Crippen LogP contribution in [0.2, 0.25) is 0 Å². The van der Waals surface area contributed by atoms with Gasteiger partial charge in [-0.1, -0.05) is 28.1 Å². The second kappa shape index (κ2) is 6.04. The van der Waals surface area contributed by atoms with Crippen molar-refractivity contribution in [2.75, 3.05) is 29.1 Å². The van der Waals surface area contributed by atoms with Crippen LogP contribution in [0.25, 0.3) is 0 Å². The molecule has 0 aliphatic carbocycles. The van der Waals surface area contributed by atoms with E-state index in [1.54, 1.807) is 6.07 Å². The van der Waals surface area contributed by atoms with Gasteiger partial charge in [0, 0.05) is 22.8 Å². The first kappa shape index (κ1) is 15.6. The van der Waals surface area contributed by atoms with Gasteiger partial charge in [0.15, 0.2) is 0 Å². The topological polar surface area (TPSA) is 66.6 Å². The molecule has 0 fully saturated rings. The molecule has 0 saturated carbocycles. The van der Waals surface area contributed by atoms with Gasteiger partial charge in [0.25, 0.3) is 5.91 Å². The van der Waals surface area contributed by atoms with Crippen molar-refractivity contribution in [1.82, 2.24) is 0 Å². The minimum Gasteiger partial charge on any atom is -0.398 e. The molecule has 23 heavy (non-hydrogen) atoms. The quantitative estimate of drug-likeness (QED) is 0.663. The lowest BCUT2D eigenvalue weighted by atomic mass is 9.98. The van der Waals surface area contributed by atoms with Gasteiger partial charge in [-0.2, -0.15) is 0 Å². The fourth-order valence-electron chi connectivity index (χ4n) is 2.95. The maximum atomic E-state index is 13.0. The molecule has 0 radical (unpaired) electrons. The van der Waals surface area contributed by atoms with E-state index in [1.807, 2.05) is 48.3 Å². The Hall–Kier alpha value is -2.34. The minimum atomic E-state index is -0.567. The van der Waals surface area contributed by atoms with E-state index in [1.165, 1.54) is 4.90 Å². The Morgan fingerprint density at radius 2 is 1.91 bits per heavy atom. The molecular formula is C17H16BrN3O2. The summed E-state index contributed by atoms with van der Waals surface area (Å²) in [5, 5.41) is 0. The molecule has 0 aromatic heterocycles. The van der Waals surface area contributed by atoms with Gasteiger partial charge >= 0.3 is 0 Å². The highest BCUT2D eigenvalue weighted by Crippen LogP contribution is 2.42. The number of nitrogens with two attached hydrogens (primary N) is 1. The average Bonchev–Trinajstić information content (AvgIpc) is 2.55. The maximum absolute atomic E-state index is 13.0. The zero-order valence-electron chi connectivity index (χ0n) is 12.6. The van der Waals surface area contributed by atoms with Crippen LogP contribution in [0.15, 0.2) is 46.9 Å².